The third-order valence-corrected chi connectivity index (χ3v) is 3.15. The highest BCUT2D eigenvalue weighted by atomic mass is 14.9. The summed E-state index contributed by atoms with van der Waals surface area (Å²) in [7, 11) is 0. The predicted molar refractivity (Wildman–Crippen MR) is 81.1 cm³/mol. The van der Waals surface area contributed by atoms with Crippen molar-refractivity contribution in [1.29, 1.82) is 0 Å². The lowest BCUT2D eigenvalue weighted by Gasteiger charge is -2.27. The van der Waals surface area contributed by atoms with Crippen LogP contribution in [0.3, 0.4) is 0 Å². The van der Waals surface area contributed by atoms with E-state index in [-0.39, 0.29) is 5.54 Å². The van der Waals surface area contributed by atoms with Crippen molar-refractivity contribution in [2.24, 2.45) is 5.92 Å². The molecule has 1 nitrogen and oxygen atoms in total. The van der Waals surface area contributed by atoms with Crippen molar-refractivity contribution in [3.63, 3.8) is 0 Å². The Morgan fingerprint density at radius 3 is 2.33 bits per heavy atom. The van der Waals surface area contributed by atoms with E-state index in [4.69, 9.17) is 0 Å². The standard InChI is InChI=1S/C17H29N/c1-13(2)10-16(12-18-17(4,5)6)15-9-7-8-14(3)11-15/h7-9,11,13,16,18H,10,12H2,1-6H3. The van der Waals surface area contributed by atoms with E-state index < -0.39 is 0 Å². The highest BCUT2D eigenvalue weighted by Crippen LogP contribution is 2.24. The second kappa shape index (κ2) is 6.38. The molecule has 0 aliphatic rings. The average molecular weight is 247 g/mol. The van der Waals surface area contributed by atoms with Crippen LogP contribution >= 0.6 is 0 Å². The number of hydrogen-bond acceptors (Lipinski definition) is 1. The molecule has 1 aromatic carbocycles. The maximum absolute atomic E-state index is 3.65. The van der Waals surface area contributed by atoms with Gasteiger partial charge in [-0.05, 0) is 51.5 Å². The molecule has 0 fully saturated rings. The molecule has 0 saturated heterocycles. The lowest BCUT2D eigenvalue weighted by atomic mass is 9.89. The number of hydrogen-bond donors (Lipinski definition) is 1. The number of rotatable bonds is 5. The molecule has 102 valence electrons. The van der Waals surface area contributed by atoms with Crippen molar-refractivity contribution in [3.8, 4) is 0 Å². The van der Waals surface area contributed by atoms with E-state index in [1.807, 2.05) is 0 Å². The van der Waals surface area contributed by atoms with Gasteiger partial charge in [0, 0.05) is 12.1 Å². The zero-order valence-corrected chi connectivity index (χ0v) is 12.9. The van der Waals surface area contributed by atoms with Crippen molar-refractivity contribution in [1.82, 2.24) is 5.32 Å². The Kier molecular flexibility index (Phi) is 5.40. The van der Waals surface area contributed by atoms with Gasteiger partial charge in [0.25, 0.3) is 0 Å². The molecular weight excluding hydrogens is 218 g/mol. The summed E-state index contributed by atoms with van der Waals surface area (Å²) < 4.78 is 0. The van der Waals surface area contributed by atoms with Crippen LogP contribution in [-0.4, -0.2) is 12.1 Å². The Bertz CT molecular complexity index is 360. The minimum Gasteiger partial charge on any atom is -0.311 e. The third-order valence-electron chi connectivity index (χ3n) is 3.15. The summed E-state index contributed by atoms with van der Waals surface area (Å²) in [6.07, 6.45) is 1.24. The van der Waals surface area contributed by atoms with Crippen LogP contribution in [0.4, 0.5) is 0 Å². The topological polar surface area (TPSA) is 12.0 Å². The molecule has 1 N–H and O–H groups in total. The van der Waals surface area contributed by atoms with Crippen molar-refractivity contribution in [3.05, 3.63) is 35.4 Å². The first-order valence-corrected chi connectivity index (χ1v) is 7.09. The van der Waals surface area contributed by atoms with Crippen molar-refractivity contribution < 1.29 is 0 Å². The van der Waals surface area contributed by atoms with E-state index in [0.717, 1.165) is 12.5 Å². The van der Waals surface area contributed by atoms with Gasteiger partial charge in [-0.15, -0.1) is 0 Å². The van der Waals surface area contributed by atoms with Gasteiger partial charge in [0.15, 0.2) is 0 Å². The molecule has 0 amide bonds. The van der Waals surface area contributed by atoms with Crippen molar-refractivity contribution in [2.75, 3.05) is 6.54 Å². The summed E-state index contributed by atoms with van der Waals surface area (Å²) >= 11 is 0. The van der Waals surface area contributed by atoms with E-state index in [1.165, 1.54) is 17.5 Å². The van der Waals surface area contributed by atoms with Gasteiger partial charge in [0.1, 0.15) is 0 Å². The highest BCUT2D eigenvalue weighted by Gasteiger charge is 2.17. The third kappa shape index (κ3) is 5.68. The van der Waals surface area contributed by atoms with Gasteiger partial charge in [0.05, 0.1) is 0 Å². The molecule has 1 unspecified atom stereocenters. The first-order chi connectivity index (χ1) is 8.28. The summed E-state index contributed by atoms with van der Waals surface area (Å²) in [6, 6.07) is 8.95. The Labute approximate surface area is 113 Å². The second-order valence-corrected chi connectivity index (χ2v) is 6.87. The molecule has 1 atom stereocenters. The minimum absolute atomic E-state index is 0.194. The largest absolute Gasteiger partial charge is 0.311 e. The maximum atomic E-state index is 3.65. The SMILES string of the molecule is Cc1cccc(C(CNC(C)(C)C)CC(C)C)c1. The van der Waals surface area contributed by atoms with E-state index >= 15 is 0 Å². The van der Waals surface area contributed by atoms with Crippen LogP contribution in [-0.2, 0) is 0 Å². The molecule has 0 spiro atoms. The zero-order valence-electron chi connectivity index (χ0n) is 12.9. The molecule has 1 aromatic rings. The molecule has 0 radical (unpaired) electrons. The van der Waals surface area contributed by atoms with E-state index in [1.54, 1.807) is 0 Å². The predicted octanol–water partition coefficient (Wildman–Crippen LogP) is 4.51. The first kappa shape index (κ1) is 15.2. The van der Waals surface area contributed by atoms with Crippen LogP contribution in [0.25, 0.3) is 0 Å². The van der Waals surface area contributed by atoms with Gasteiger partial charge in [-0.2, -0.15) is 0 Å². The quantitative estimate of drug-likeness (QED) is 0.807. The molecular formula is C17H29N. The zero-order chi connectivity index (χ0) is 13.8. The number of nitrogens with one attached hydrogen (secondary N) is 1. The Morgan fingerprint density at radius 1 is 1.17 bits per heavy atom. The van der Waals surface area contributed by atoms with Crippen LogP contribution in [0, 0.1) is 12.8 Å². The van der Waals surface area contributed by atoms with Crippen molar-refractivity contribution >= 4 is 0 Å². The summed E-state index contributed by atoms with van der Waals surface area (Å²) in [4.78, 5) is 0. The minimum atomic E-state index is 0.194. The average Bonchev–Trinajstić information content (AvgIpc) is 2.22. The molecule has 1 heteroatoms. The summed E-state index contributed by atoms with van der Waals surface area (Å²) in [5.41, 5.74) is 3.02. The second-order valence-electron chi connectivity index (χ2n) is 6.87. The lowest BCUT2D eigenvalue weighted by Crippen LogP contribution is -2.38. The van der Waals surface area contributed by atoms with Gasteiger partial charge >= 0.3 is 0 Å². The lowest BCUT2D eigenvalue weighted by molar-refractivity contribution is 0.381. The molecule has 0 bridgehead atoms. The molecule has 18 heavy (non-hydrogen) atoms. The Hall–Kier alpha value is -0.820. The smallest absolute Gasteiger partial charge is 0.00967 e. The molecule has 1 rings (SSSR count). The van der Waals surface area contributed by atoms with Gasteiger partial charge in [-0.3, -0.25) is 0 Å². The fraction of sp³-hybridized carbons (Fsp3) is 0.647. The molecule has 0 heterocycles. The summed E-state index contributed by atoms with van der Waals surface area (Å²) in [5.74, 6) is 1.35. The Balaban J connectivity index is 2.78. The van der Waals surface area contributed by atoms with Crippen LogP contribution in [0.1, 0.15) is 58.1 Å². The maximum Gasteiger partial charge on any atom is 0.00967 e. The first-order valence-electron chi connectivity index (χ1n) is 7.09. The van der Waals surface area contributed by atoms with Crippen molar-refractivity contribution in [2.45, 2.75) is 59.4 Å². The molecule has 0 saturated carbocycles. The van der Waals surface area contributed by atoms with Crippen LogP contribution < -0.4 is 5.32 Å². The monoisotopic (exact) mass is 247 g/mol. The molecule has 0 aliphatic heterocycles. The van der Waals surface area contributed by atoms with Gasteiger partial charge < -0.3 is 5.32 Å². The normalized spacial score (nSPS) is 13.9. The fourth-order valence-corrected chi connectivity index (χ4v) is 2.26. The van der Waals surface area contributed by atoms with Crippen LogP contribution in [0.2, 0.25) is 0 Å². The summed E-state index contributed by atoms with van der Waals surface area (Å²) in [5, 5.41) is 3.65. The van der Waals surface area contributed by atoms with Crippen LogP contribution in [0.15, 0.2) is 24.3 Å². The van der Waals surface area contributed by atoms with Crippen LogP contribution in [0.5, 0.6) is 0 Å². The summed E-state index contributed by atoms with van der Waals surface area (Å²) in [6.45, 7) is 14.5. The molecule has 0 aromatic heterocycles. The fourth-order valence-electron chi connectivity index (χ4n) is 2.26. The number of benzene rings is 1. The van der Waals surface area contributed by atoms with Gasteiger partial charge in [0.2, 0.25) is 0 Å². The number of aryl methyl sites for hydroxylation is 1. The Morgan fingerprint density at radius 2 is 1.83 bits per heavy atom. The molecule has 0 aliphatic carbocycles. The van der Waals surface area contributed by atoms with E-state index in [2.05, 4.69) is 71.1 Å². The van der Waals surface area contributed by atoms with Gasteiger partial charge in [-0.25, -0.2) is 0 Å². The van der Waals surface area contributed by atoms with E-state index in [0.29, 0.717) is 5.92 Å². The highest BCUT2D eigenvalue weighted by molar-refractivity contribution is 5.25. The van der Waals surface area contributed by atoms with Gasteiger partial charge in [-0.1, -0.05) is 43.7 Å². The van der Waals surface area contributed by atoms with E-state index in [9.17, 15) is 0 Å².